The minimum atomic E-state index is -4.77. The van der Waals surface area contributed by atoms with Crippen LogP contribution in [0.3, 0.4) is 0 Å². The minimum Gasteiger partial charge on any atom is -0.385 e. The first-order valence-corrected chi connectivity index (χ1v) is 6.39. The molecule has 112 valence electrons. The second kappa shape index (κ2) is 5.33. The lowest BCUT2D eigenvalue weighted by atomic mass is 9.78. The predicted molar refractivity (Wildman–Crippen MR) is 64.6 cm³/mol. The molecule has 0 spiro atoms. The average molecular weight is 292 g/mol. The van der Waals surface area contributed by atoms with Crippen LogP contribution in [0.15, 0.2) is 18.2 Å². The SMILES string of the molecule is COC1CCCC(O)(c2ccc(F)c(C(F)(F)F)c2)C1. The van der Waals surface area contributed by atoms with Crippen molar-refractivity contribution in [3.8, 4) is 0 Å². The number of ether oxygens (including phenoxy) is 1. The maximum absolute atomic E-state index is 13.3. The number of hydrogen-bond acceptors (Lipinski definition) is 2. The van der Waals surface area contributed by atoms with Crippen LogP contribution in [0.4, 0.5) is 17.6 Å². The summed E-state index contributed by atoms with van der Waals surface area (Å²) in [5, 5.41) is 10.6. The number of methoxy groups -OCH3 is 1. The molecule has 1 aromatic carbocycles. The van der Waals surface area contributed by atoms with Crippen molar-refractivity contribution >= 4 is 0 Å². The summed E-state index contributed by atoms with van der Waals surface area (Å²) in [6.45, 7) is 0. The molecule has 1 N–H and O–H groups in total. The third-order valence-corrected chi connectivity index (χ3v) is 3.82. The van der Waals surface area contributed by atoms with Crippen LogP contribution in [0.2, 0.25) is 0 Å². The highest BCUT2D eigenvalue weighted by Gasteiger charge is 2.39. The van der Waals surface area contributed by atoms with Gasteiger partial charge in [0.05, 0.1) is 17.3 Å². The molecule has 6 heteroatoms. The number of halogens is 4. The second-order valence-electron chi connectivity index (χ2n) is 5.18. The molecule has 0 aliphatic heterocycles. The van der Waals surface area contributed by atoms with E-state index in [0.29, 0.717) is 18.9 Å². The Balaban J connectivity index is 2.37. The van der Waals surface area contributed by atoms with Gasteiger partial charge in [-0.1, -0.05) is 6.07 Å². The predicted octanol–water partition coefficient (Wildman–Crippen LogP) is 3.62. The first kappa shape index (κ1) is 15.3. The molecule has 2 unspecified atom stereocenters. The summed E-state index contributed by atoms with van der Waals surface area (Å²) in [4.78, 5) is 0. The van der Waals surface area contributed by atoms with Gasteiger partial charge in [0.15, 0.2) is 0 Å². The Morgan fingerprint density at radius 2 is 2.05 bits per heavy atom. The molecule has 1 aliphatic rings. The summed E-state index contributed by atoms with van der Waals surface area (Å²) in [6.07, 6.45) is -3.01. The van der Waals surface area contributed by atoms with Gasteiger partial charge < -0.3 is 9.84 Å². The Hall–Kier alpha value is -1.14. The molecule has 2 atom stereocenters. The molecule has 0 heterocycles. The Kier molecular flexibility index (Phi) is 4.07. The van der Waals surface area contributed by atoms with Crippen LogP contribution in [-0.4, -0.2) is 18.3 Å². The molecule has 0 saturated heterocycles. The third kappa shape index (κ3) is 2.96. The van der Waals surface area contributed by atoms with Gasteiger partial charge in [-0.15, -0.1) is 0 Å². The van der Waals surface area contributed by atoms with Crippen LogP contribution in [0.1, 0.15) is 36.8 Å². The van der Waals surface area contributed by atoms with Crippen molar-refractivity contribution in [2.45, 2.75) is 43.6 Å². The maximum Gasteiger partial charge on any atom is 0.419 e. The van der Waals surface area contributed by atoms with E-state index in [1.807, 2.05) is 0 Å². The molecule has 2 rings (SSSR count). The standard InChI is InChI=1S/C14H16F4O2/c1-20-10-3-2-6-13(19,8-10)9-4-5-12(15)11(7-9)14(16,17)18/h4-5,7,10,19H,2-3,6,8H2,1H3. The van der Waals surface area contributed by atoms with Crippen LogP contribution in [0, 0.1) is 5.82 Å². The summed E-state index contributed by atoms with van der Waals surface area (Å²) < 4.78 is 56.6. The van der Waals surface area contributed by atoms with E-state index in [4.69, 9.17) is 4.74 Å². The molecule has 0 amide bonds. The van der Waals surface area contributed by atoms with E-state index < -0.39 is 23.2 Å². The van der Waals surface area contributed by atoms with E-state index in [1.165, 1.54) is 13.2 Å². The van der Waals surface area contributed by atoms with Gasteiger partial charge in [0, 0.05) is 13.5 Å². The smallest absolute Gasteiger partial charge is 0.385 e. The Bertz CT molecular complexity index is 487. The van der Waals surface area contributed by atoms with Crippen molar-refractivity contribution < 1.29 is 27.4 Å². The van der Waals surface area contributed by atoms with Gasteiger partial charge in [-0.2, -0.15) is 13.2 Å². The second-order valence-corrected chi connectivity index (χ2v) is 5.18. The van der Waals surface area contributed by atoms with Crippen molar-refractivity contribution in [3.63, 3.8) is 0 Å². The van der Waals surface area contributed by atoms with Gasteiger partial charge in [0.1, 0.15) is 5.82 Å². The lowest BCUT2D eigenvalue weighted by molar-refractivity contribution is -0.140. The molecular weight excluding hydrogens is 276 g/mol. The van der Waals surface area contributed by atoms with Crippen molar-refractivity contribution in [1.29, 1.82) is 0 Å². The summed E-state index contributed by atoms with van der Waals surface area (Å²) in [5.74, 6) is -1.33. The first-order chi connectivity index (χ1) is 9.26. The van der Waals surface area contributed by atoms with Crippen LogP contribution in [0.25, 0.3) is 0 Å². The molecule has 20 heavy (non-hydrogen) atoms. The average Bonchev–Trinajstić information content (AvgIpc) is 2.37. The maximum atomic E-state index is 13.3. The number of hydrogen-bond donors (Lipinski definition) is 1. The number of aliphatic hydroxyl groups is 1. The Labute approximate surface area is 114 Å². The minimum absolute atomic E-state index is 0.0907. The van der Waals surface area contributed by atoms with Gasteiger partial charge >= 0.3 is 6.18 Å². The van der Waals surface area contributed by atoms with Crippen LogP contribution in [-0.2, 0) is 16.5 Å². The quantitative estimate of drug-likeness (QED) is 0.844. The normalized spacial score (nSPS) is 27.6. The molecule has 1 saturated carbocycles. The van der Waals surface area contributed by atoms with Crippen molar-refractivity contribution in [3.05, 3.63) is 35.1 Å². The molecule has 1 aromatic rings. The van der Waals surface area contributed by atoms with Gasteiger partial charge in [0.2, 0.25) is 0 Å². The zero-order chi connectivity index (χ0) is 15.0. The lowest BCUT2D eigenvalue weighted by Gasteiger charge is -2.36. The van der Waals surface area contributed by atoms with E-state index in [0.717, 1.165) is 12.5 Å². The van der Waals surface area contributed by atoms with E-state index in [2.05, 4.69) is 0 Å². The number of benzene rings is 1. The topological polar surface area (TPSA) is 29.5 Å². The zero-order valence-electron chi connectivity index (χ0n) is 11.0. The number of rotatable bonds is 2. The largest absolute Gasteiger partial charge is 0.419 e. The van der Waals surface area contributed by atoms with Crippen molar-refractivity contribution in [2.75, 3.05) is 7.11 Å². The van der Waals surface area contributed by atoms with Gasteiger partial charge in [-0.25, -0.2) is 4.39 Å². The van der Waals surface area contributed by atoms with Crippen LogP contribution in [0.5, 0.6) is 0 Å². The summed E-state index contributed by atoms with van der Waals surface area (Å²) in [6, 6.07) is 2.67. The lowest BCUT2D eigenvalue weighted by Crippen LogP contribution is -2.36. The highest BCUT2D eigenvalue weighted by Crippen LogP contribution is 2.40. The van der Waals surface area contributed by atoms with E-state index in [-0.39, 0.29) is 18.1 Å². The van der Waals surface area contributed by atoms with Gasteiger partial charge in [-0.05, 0) is 37.0 Å². The Morgan fingerprint density at radius 3 is 2.65 bits per heavy atom. The van der Waals surface area contributed by atoms with Crippen LogP contribution >= 0.6 is 0 Å². The fourth-order valence-electron chi connectivity index (χ4n) is 2.70. The highest BCUT2D eigenvalue weighted by molar-refractivity contribution is 5.31. The molecule has 2 nitrogen and oxygen atoms in total. The monoisotopic (exact) mass is 292 g/mol. The molecule has 0 bridgehead atoms. The van der Waals surface area contributed by atoms with Crippen LogP contribution < -0.4 is 0 Å². The highest BCUT2D eigenvalue weighted by atomic mass is 19.4. The van der Waals surface area contributed by atoms with Crippen molar-refractivity contribution in [1.82, 2.24) is 0 Å². The molecular formula is C14H16F4O2. The molecule has 1 fully saturated rings. The van der Waals surface area contributed by atoms with E-state index >= 15 is 0 Å². The zero-order valence-corrected chi connectivity index (χ0v) is 11.0. The van der Waals surface area contributed by atoms with Gasteiger partial charge in [-0.3, -0.25) is 0 Å². The molecule has 0 aromatic heterocycles. The fourth-order valence-corrected chi connectivity index (χ4v) is 2.70. The van der Waals surface area contributed by atoms with Crippen molar-refractivity contribution in [2.24, 2.45) is 0 Å². The first-order valence-electron chi connectivity index (χ1n) is 6.39. The van der Waals surface area contributed by atoms with E-state index in [9.17, 15) is 22.7 Å². The molecule has 0 radical (unpaired) electrons. The number of alkyl halides is 3. The summed E-state index contributed by atoms with van der Waals surface area (Å²) >= 11 is 0. The Morgan fingerprint density at radius 1 is 1.35 bits per heavy atom. The van der Waals surface area contributed by atoms with E-state index in [1.54, 1.807) is 0 Å². The summed E-state index contributed by atoms with van der Waals surface area (Å²) in [5.41, 5.74) is -2.65. The molecule has 1 aliphatic carbocycles. The van der Waals surface area contributed by atoms with Gasteiger partial charge in [0.25, 0.3) is 0 Å². The summed E-state index contributed by atoms with van der Waals surface area (Å²) in [7, 11) is 1.50. The third-order valence-electron chi connectivity index (χ3n) is 3.82. The fraction of sp³-hybridized carbons (Fsp3) is 0.571.